The molecule has 5 nitrogen and oxygen atoms in total. The summed E-state index contributed by atoms with van der Waals surface area (Å²) < 4.78 is 28.1. The van der Waals surface area contributed by atoms with Crippen molar-refractivity contribution in [3.63, 3.8) is 0 Å². The molecule has 1 aliphatic rings. The topological polar surface area (TPSA) is 62.3 Å². The lowest BCUT2D eigenvalue weighted by Crippen LogP contribution is -2.34. The molecule has 1 fully saturated rings. The Morgan fingerprint density at radius 2 is 2.14 bits per heavy atom. The van der Waals surface area contributed by atoms with E-state index in [1.165, 1.54) is 0 Å². The predicted molar refractivity (Wildman–Crippen MR) is 91.4 cm³/mol. The molecule has 1 aromatic rings. The third-order valence-electron chi connectivity index (χ3n) is 3.47. The van der Waals surface area contributed by atoms with Crippen molar-refractivity contribution in [1.82, 2.24) is 9.29 Å². The van der Waals surface area contributed by atoms with E-state index in [1.807, 2.05) is 11.8 Å². The van der Waals surface area contributed by atoms with Gasteiger partial charge in [0.05, 0.1) is 0 Å². The van der Waals surface area contributed by atoms with Gasteiger partial charge in [-0.05, 0) is 28.4 Å². The third-order valence-corrected chi connectivity index (χ3v) is 7.19. The lowest BCUT2D eigenvalue weighted by Gasteiger charge is -2.23. The van der Waals surface area contributed by atoms with E-state index >= 15 is 0 Å². The molecule has 0 saturated carbocycles. The molecule has 0 atom stereocenters. The molecule has 1 aliphatic heterocycles. The quantitative estimate of drug-likeness (QED) is 0.854. The summed E-state index contributed by atoms with van der Waals surface area (Å²) in [5.41, 5.74) is 0. The highest BCUT2D eigenvalue weighted by Gasteiger charge is 2.32. The molecule has 1 N–H and O–H groups in total. The fourth-order valence-corrected chi connectivity index (χ4v) is 5.50. The number of halogens is 1. The minimum atomic E-state index is -3.54. The number of nitrogens with zero attached hydrogens (tertiary/aromatic N) is 2. The molecule has 0 aliphatic carbocycles. The van der Waals surface area contributed by atoms with Gasteiger partial charge in [-0.3, -0.25) is 0 Å². The predicted octanol–water partition coefficient (Wildman–Crippen LogP) is 2.79. The van der Waals surface area contributed by atoms with Crippen molar-refractivity contribution in [2.45, 2.75) is 29.9 Å². The molecule has 21 heavy (non-hydrogen) atoms. The number of rotatable bonds is 3. The minimum absolute atomic E-state index is 0.117. The van der Waals surface area contributed by atoms with E-state index in [-0.39, 0.29) is 9.64 Å². The zero-order chi connectivity index (χ0) is 15.7. The first kappa shape index (κ1) is 17.1. The standard InChI is InChI=1S/C13H20BrN3O2S2/c1-13(2)4-5-17(6-7-20-13)21(18,19)11-8-10(14)9-16-12(11)15-3/h8-9H,4-7H2,1-3H3,(H,15,16). The molecular weight excluding hydrogens is 374 g/mol. The van der Waals surface area contributed by atoms with Crippen molar-refractivity contribution in [2.75, 3.05) is 31.2 Å². The smallest absolute Gasteiger partial charge is 0.246 e. The van der Waals surface area contributed by atoms with Gasteiger partial charge in [-0.15, -0.1) is 0 Å². The van der Waals surface area contributed by atoms with E-state index < -0.39 is 10.0 Å². The van der Waals surface area contributed by atoms with Crippen molar-refractivity contribution >= 4 is 43.5 Å². The normalized spacial score (nSPS) is 20.0. The lowest BCUT2D eigenvalue weighted by molar-refractivity contribution is 0.415. The summed E-state index contributed by atoms with van der Waals surface area (Å²) in [6.07, 6.45) is 2.43. The van der Waals surface area contributed by atoms with Gasteiger partial charge in [-0.2, -0.15) is 16.1 Å². The van der Waals surface area contributed by atoms with Gasteiger partial charge in [0, 0.05) is 41.3 Å². The van der Waals surface area contributed by atoms with E-state index in [4.69, 9.17) is 0 Å². The molecule has 0 unspecified atom stereocenters. The lowest BCUT2D eigenvalue weighted by atomic mass is 10.1. The van der Waals surface area contributed by atoms with Crippen LogP contribution in [0.25, 0.3) is 0 Å². The van der Waals surface area contributed by atoms with Crippen molar-refractivity contribution in [3.05, 3.63) is 16.7 Å². The van der Waals surface area contributed by atoms with Crippen molar-refractivity contribution in [1.29, 1.82) is 0 Å². The van der Waals surface area contributed by atoms with E-state index in [0.29, 0.717) is 23.4 Å². The third kappa shape index (κ3) is 3.91. The van der Waals surface area contributed by atoms with Crippen LogP contribution in [0.1, 0.15) is 20.3 Å². The van der Waals surface area contributed by atoms with E-state index in [2.05, 4.69) is 40.1 Å². The highest BCUT2D eigenvalue weighted by Crippen LogP contribution is 2.33. The summed E-state index contributed by atoms with van der Waals surface area (Å²) in [6.45, 7) is 5.39. The van der Waals surface area contributed by atoms with E-state index in [9.17, 15) is 8.42 Å². The molecule has 0 spiro atoms. The van der Waals surface area contributed by atoms with Gasteiger partial charge in [0.15, 0.2) is 0 Å². The van der Waals surface area contributed by atoms with Crippen molar-refractivity contribution in [3.8, 4) is 0 Å². The number of thioether (sulfide) groups is 1. The largest absolute Gasteiger partial charge is 0.372 e. The van der Waals surface area contributed by atoms with Crippen LogP contribution in [0.2, 0.25) is 0 Å². The molecule has 2 heterocycles. The maximum absolute atomic E-state index is 12.9. The summed E-state index contributed by atoms with van der Waals surface area (Å²) in [5, 5.41) is 2.86. The summed E-state index contributed by atoms with van der Waals surface area (Å²) >= 11 is 5.12. The highest BCUT2D eigenvalue weighted by molar-refractivity contribution is 9.10. The first-order chi connectivity index (χ1) is 9.76. The van der Waals surface area contributed by atoms with Gasteiger partial charge in [0.2, 0.25) is 10.0 Å². The summed E-state index contributed by atoms with van der Waals surface area (Å²) in [6, 6.07) is 1.61. The van der Waals surface area contributed by atoms with Crippen LogP contribution in [0, 0.1) is 0 Å². The van der Waals surface area contributed by atoms with Crippen molar-refractivity contribution < 1.29 is 8.42 Å². The molecule has 1 aromatic heterocycles. The number of anilines is 1. The zero-order valence-electron chi connectivity index (χ0n) is 12.4. The second-order valence-corrected chi connectivity index (χ2v) is 10.1. The van der Waals surface area contributed by atoms with E-state index in [1.54, 1.807) is 23.6 Å². The number of pyridine rings is 1. The molecule has 8 heteroatoms. The van der Waals surface area contributed by atoms with Crippen LogP contribution < -0.4 is 5.32 Å². The van der Waals surface area contributed by atoms with Crippen LogP contribution in [0.5, 0.6) is 0 Å². The molecule has 2 rings (SSSR count). The molecule has 118 valence electrons. The number of hydrogen-bond donors (Lipinski definition) is 1. The Hall–Kier alpha value is -0.310. The Morgan fingerprint density at radius 1 is 1.43 bits per heavy atom. The number of sulfonamides is 1. The van der Waals surface area contributed by atoms with Gasteiger partial charge in [-0.1, -0.05) is 13.8 Å². The van der Waals surface area contributed by atoms with Crippen LogP contribution in [-0.2, 0) is 10.0 Å². The van der Waals surface area contributed by atoms with E-state index in [0.717, 1.165) is 12.2 Å². The van der Waals surface area contributed by atoms with Crippen LogP contribution in [0.15, 0.2) is 21.6 Å². The Labute approximate surface area is 139 Å². The number of nitrogens with one attached hydrogen (secondary N) is 1. The maximum atomic E-state index is 12.9. The first-order valence-corrected chi connectivity index (χ1v) is 9.95. The van der Waals surface area contributed by atoms with Gasteiger partial charge in [0.25, 0.3) is 0 Å². The molecule has 0 bridgehead atoms. The Kier molecular flexibility index (Phi) is 5.23. The summed E-state index contributed by atoms with van der Waals surface area (Å²) in [4.78, 5) is 4.37. The Morgan fingerprint density at radius 3 is 2.81 bits per heavy atom. The number of aromatic nitrogens is 1. The molecule has 0 radical (unpaired) electrons. The van der Waals surface area contributed by atoms with Crippen LogP contribution in [0.4, 0.5) is 5.82 Å². The fraction of sp³-hybridized carbons (Fsp3) is 0.615. The summed E-state index contributed by atoms with van der Waals surface area (Å²) in [7, 11) is -1.86. The van der Waals surface area contributed by atoms with Gasteiger partial charge in [-0.25, -0.2) is 13.4 Å². The monoisotopic (exact) mass is 393 g/mol. The highest BCUT2D eigenvalue weighted by atomic mass is 79.9. The second-order valence-electron chi connectivity index (χ2n) is 5.51. The van der Waals surface area contributed by atoms with Crippen molar-refractivity contribution in [2.24, 2.45) is 0 Å². The zero-order valence-corrected chi connectivity index (χ0v) is 15.6. The van der Waals surface area contributed by atoms with Crippen LogP contribution in [-0.4, -0.2) is 48.3 Å². The minimum Gasteiger partial charge on any atom is -0.372 e. The average Bonchev–Trinajstić information content (AvgIpc) is 2.60. The SMILES string of the molecule is CNc1ncc(Br)cc1S(=O)(=O)N1CCSC(C)(C)CC1. The Bertz CT molecular complexity index is 620. The summed E-state index contributed by atoms with van der Waals surface area (Å²) in [5.74, 6) is 1.19. The molecule has 0 amide bonds. The van der Waals surface area contributed by atoms with Gasteiger partial charge >= 0.3 is 0 Å². The van der Waals surface area contributed by atoms with Crippen LogP contribution >= 0.6 is 27.7 Å². The fourth-order valence-electron chi connectivity index (χ4n) is 2.19. The average molecular weight is 394 g/mol. The molecular formula is C13H20BrN3O2S2. The Balaban J connectivity index is 2.36. The van der Waals surface area contributed by atoms with Gasteiger partial charge < -0.3 is 5.32 Å². The maximum Gasteiger partial charge on any atom is 0.246 e. The first-order valence-electron chi connectivity index (χ1n) is 6.74. The van der Waals surface area contributed by atoms with Crippen LogP contribution in [0.3, 0.4) is 0 Å². The number of hydrogen-bond acceptors (Lipinski definition) is 5. The second kappa shape index (κ2) is 6.44. The van der Waals surface area contributed by atoms with Gasteiger partial charge in [0.1, 0.15) is 10.7 Å². The molecule has 0 aromatic carbocycles. The molecule has 1 saturated heterocycles.